The molecule has 0 saturated heterocycles. The summed E-state index contributed by atoms with van der Waals surface area (Å²) in [5.41, 5.74) is 4.52. The summed E-state index contributed by atoms with van der Waals surface area (Å²) in [4.78, 5) is 0. The maximum atomic E-state index is 6.55. The van der Waals surface area contributed by atoms with E-state index in [1.165, 1.54) is 25.7 Å². The van der Waals surface area contributed by atoms with Crippen LogP contribution in [-0.4, -0.2) is 0 Å². The van der Waals surface area contributed by atoms with Crippen molar-refractivity contribution in [3.63, 3.8) is 0 Å². The first kappa shape index (κ1) is 19.0. The van der Waals surface area contributed by atoms with Gasteiger partial charge in [0.1, 0.15) is 23.0 Å². The number of ether oxygens (including phenoxy) is 1. The van der Waals surface area contributed by atoms with Crippen molar-refractivity contribution in [1.82, 2.24) is 0 Å². The van der Waals surface area contributed by atoms with Gasteiger partial charge in [0.2, 0.25) is 0 Å². The SMILES string of the molecule is c1ccc2c(c1)Oc1ccc(-c3ccc(-c4cccc5sc6ccccc6c45)o3)c3cccc-2c13. The average molecular weight is 467 g/mol. The first-order chi connectivity index (χ1) is 17.3. The number of thiophene rings is 1. The largest absolute Gasteiger partial charge is 0.456 e. The minimum Gasteiger partial charge on any atom is -0.456 e. The predicted molar refractivity (Wildman–Crippen MR) is 145 cm³/mol. The van der Waals surface area contributed by atoms with Crippen LogP contribution < -0.4 is 4.74 Å². The quantitative estimate of drug-likeness (QED) is 0.253. The maximum absolute atomic E-state index is 6.55. The molecule has 1 aliphatic rings. The third kappa shape index (κ3) is 2.70. The van der Waals surface area contributed by atoms with Crippen molar-refractivity contribution in [1.29, 1.82) is 0 Å². The van der Waals surface area contributed by atoms with Crippen molar-refractivity contribution in [2.75, 3.05) is 0 Å². The number of benzene rings is 5. The van der Waals surface area contributed by atoms with Gasteiger partial charge in [-0.3, -0.25) is 0 Å². The number of para-hydroxylation sites is 1. The second-order valence-corrected chi connectivity index (χ2v) is 9.96. The second-order valence-electron chi connectivity index (χ2n) is 8.88. The molecule has 35 heavy (non-hydrogen) atoms. The van der Waals surface area contributed by atoms with Crippen LogP contribution >= 0.6 is 11.3 Å². The van der Waals surface area contributed by atoms with E-state index >= 15 is 0 Å². The zero-order valence-corrected chi connectivity index (χ0v) is 19.4. The van der Waals surface area contributed by atoms with Gasteiger partial charge >= 0.3 is 0 Å². The molecule has 5 aromatic carbocycles. The normalized spacial score (nSPS) is 12.2. The molecule has 7 aromatic rings. The molecule has 0 atom stereocenters. The zero-order chi connectivity index (χ0) is 22.9. The molecule has 0 aliphatic carbocycles. The lowest BCUT2D eigenvalue weighted by molar-refractivity contribution is 0.487. The minimum atomic E-state index is 0.860. The summed E-state index contributed by atoms with van der Waals surface area (Å²) >= 11 is 1.83. The van der Waals surface area contributed by atoms with Crippen molar-refractivity contribution in [3.05, 3.63) is 109 Å². The first-order valence-electron chi connectivity index (χ1n) is 11.7. The van der Waals surface area contributed by atoms with Crippen molar-refractivity contribution in [3.8, 4) is 45.3 Å². The minimum absolute atomic E-state index is 0.860. The fourth-order valence-electron chi connectivity index (χ4n) is 5.40. The molecule has 3 heteroatoms. The molecule has 0 amide bonds. The molecular weight excluding hydrogens is 448 g/mol. The summed E-state index contributed by atoms with van der Waals surface area (Å²) in [7, 11) is 0. The van der Waals surface area contributed by atoms with Crippen molar-refractivity contribution < 1.29 is 9.15 Å². The summed E-state index contributed by atoms with van der Waals surface area (Å²) < 4.78 is 15.4. The van der Waals surface area contributed by atoms with Crippen molar-refractivity contribution in [2.45, 2.75) is 0 Å². The van der Waals surface area contributed by atoms with Gasteiger partial charge in [-0.2, -0.15) is 0 Å². The van der Waals surface area contributed by atoms with Crippen LogP contribution in [0.25, 0.3) is 64.7 Å². The van der Waals surface area contributed by atoms with E-state index in [2.05, 4.69) is 97.1 Å². The summed E-state index contributed by atoms with van der Waals surface area (Å²) in [6.45, 7) is 0. The summed E-state index contributed by atoms with van der Waals surface area (Å²) in [6.07, 6.45) is 0. The van der Waals surface area contributed by atoms with Gasteiger partial charge in [-0.15, -0.1) is 11.3 Å². The highest BCUT2D eigenvalue weighted by molar-refractivity contribution is 7.25. The smallest absolute Gasteiger partial charge is 0.135 e. The van der Waals surface area contributed by atoms with Crippen LogP contribution in [0.15, 0.2) is 114 Å². The molecule has 8 rings (SSSR count). The van der Waals surface area contributed by atoms with Gasteiger partial charge in [-0.05, 0) is 53.4 Å². The molecule has 2 nitrogen and oxygen atoms in total. The Bertz CT molecular complexity index is 1940. The van der Waals surface area contributed by atoms with Crippen molar-refractivity contribution >= 4 is 42.3 Å². The first-order valence-corrected chi connectivity index (χ1v) is 12.5. The lowest BCUT2D eigenvalue weighted by atomic mass is 9.92. The lowest BCUT2D eigenvalue weighted by Gasteiger charge is -2.22. The Labute approximate surface area is 205 Å². The van der Waals surface area contributed by atoms with Crippen LogP contribution in [0.5, 0.6) is 11.5 Å². The number of fused-ring (bicyclic) bond motifs is 5. The van der Waals surface area contributed by atoms with E-state index in [1.807, 2.05) is 23.5 Å². The van der Waals surface area contributed by atoms with Gasteiger partial charge in [0, 0.05) is 42.2 Å². The van der Waals surface area contributed by atoms with Gasteiger partial charge in [0.25, 0.3) is 0 Å². The van der Waals surface area contributed by atoms with Crippen LogP contribution in [0.4, 0.5) is 0 Å². The molecule has 3 heterocycles. The monoisotopic (exact) mass is 466 g/mol. The van der Waals surface area contributed by atoms with E-state index in [4.69, 9.17) is 9.15 Å². The molecule has 0 bridgehead atoms. The highest BCUT2D eigenvalue weighted by Crippen LogP contribution is 2.49. The molecular formula is C32H18O2S. The number of furan rings is 1. The topological polar surface area (TPSA) is 22.4 Å². The Morgan fingerprint density at radius 3 is 2.11 bits per heavy atom. The fourth-order valence-corrected chi connectivity index (χ4v) is 6.53. The van der Waals surface area contributed by atoms with Crippen molar-refractivity contribution in [2.24, 2.45) is 0 Å². The standard InChI is InChI=1S/C32H18O2S/c1-3-12-25-19(7-1)21-9-5-10-22-20(15-16-28(34-25)31(21)22)26-17-18-27(33-26)23-11-6-14-30-32(23)24-8-2-4-13-29(24)35-30/h1-18H. The van der Waals surface area contributed by atoms with Gasteiger partial charge in [-0.1, -0.05) is 66.7 Å². The molecule has 0 fully saturated rings. The van der Waals surface area contributed by atoms with Crippen LogP contribution in [0, 0.1) is 0 Å². The molecule has 2 aromatic heterocycles. The molecule has 0 radical (unpaired) electrons. The van der Waals surface area contributed by atoms with Gasteiger partial charge in [0.15, 0.2) is 0 Å². The van der Waals surface area contributed by atoms with Crippen LogP contribution in [0.2, 0.25) is 0 Å². The van der Waals surface area contributed by atoms with E-state index in [0.29, 0.717) is 0 Å². The van der Waals surface area contributed by atoms with E-state index in [0.717, 1.165) is 50.5 Å². The zero-order valence-electron chi connectivity index (χ0n) is 18.6. The Morgan fingerprint density at radius 1 is 0.429 bits per heavy atom. The maximum Gasteiger partial charge on any atom is 0.135 e. The highest BCUT2D eigenvalue weighted by Gasteiger charge is 2.22. The second kappa shape index (κ2) is 7.08. The Morgan fingerprint density at radius 2 is 1.14 bits per heavy atom. The Hall–Kier alpha value is -4.34. The van der Waals surface area contributed by atoms with E-state index < -0.39 is 0 Å². The van der Waals surface area contributed by atoms with Gasteiger partial charge < -0.3 is 9.15 Å². The van der Waals surface area contributed by atoms with E-state index in [1.54, 1.807) is 0 Å². The van der Waals surface area contributed by atoms with Gasteiger partial charge in [-0.25, -0.2) is 0 Å². The third-order valence-electron chi connectivity index (χ3n) is 6.94. The summed E-state index contributed by atoms with van der Waals surface area (Å²) in [6, 6.07) is 38.1. The number of rotatable bonds is 2. The molecule has 0 saturated carbocycles. The predicted octanol–water partition coefficient (Wildman–Crippen LogP) is 9.91. The summed E-state index contributed by atoms with van der Waals surface area (Å²) in [5.74, 6) is 3.53. The Kier molecular flexibility index (Phi) is 3.85. The molecule has 1 aliphatic heterocycles. The van der Waals surface area contributed by atoms with E-state index in [-0.39, 0.29) is 0 Å². The average Bonchev–Trinajstić information content (AvgIpc) is 3.54. The molecule has 164 valence electrons. The molecule has 0 spiro atoms. The van der Waals surface area contributed by atoms with Crippen LogP contribution in [-0.2, 0) is 0 Å². The van der Waals surface area contributed by atoms with Crippen LogP contribution in [0.3, 0.4) is 0 Å². The number of hydrogen-bond donors (Lipinski definition) is 0. The summed E-state index contributed by atoms with van der Waals surface area (Å²) in [5, 5.41) is 4.80. The van der Waals surface area contributed by atoms with Gasteiger partial charge in [0.05, 0.1) is 0 Å². The highest BCUT2D eigenvalue weighted by atomic mass is 32.1. The van der Waals surface area contributed by atoms with Crippen LogP contribution in [0.1, 0.15) is 0 Å². The van der Waals surface area contributed by atoms with E-state index in [9.17, 15) is 0 Å². The fraction of sp³-hybridized carbons (Fsp3) is 0. The molecule has 0 N–H and O–H groups in total. The number of hydrogen-bond acceptors (Lipinski definition) is 3. The third-order valence-corrected chi connectivity index (χ3v) is 8.08. The Balaban J connectivity index is 1.33. The molecule has 0 unspecified atom stereocenters. The lowest BCUT2D eigenvalue weighted by Crippen LogP contribution is -1.97.